The average Bonchev–Trinajstić information content (AvgIpc) is 2.87. The van der Waals surface area contributed by atoms with Crippen LogP contribution in [-0.4, -0.2) is 35.5 Å². The van der Waals surface area contributed by atoms with Gasteiger partial charge in [-0.15, -0.1) is 0 Å². The molecule has 10 nitrogen and oxygen atoms in total. The van der Waals surface area contributed by atoms with Crippen molar-refractivity contribution >= 4 is 34.9 Å². The Morgan fingerprint density at radius 3 is 2.64 bits per heavy atom. The Morgan fingerprint density at radius 2 is 1.92 bits per heavy atom. The lowest BCUT2D eigenvalue weighted by Gasteiger charge is -2.22. The van der Waals surface area contributed by atoms with Crippen LogP contribution in [0, 0.1) is 0 Å². The van der Waals surface area contributed by atoms with Crippen molar-refractivity contribution in [2.45, 2.75) is 26.0 Å². The van der Waals surface area contributed by atoms with Gasteiger partial charge in [-0.3, -0.25) is 25.4 Å². The largest absolute Gasteiger partial charge is 0.487 e. The maximum absolute atomic E-state index is 13.3. The SMILES string of the molecule is CC(C)Oc1ccc2cc1OC/N=C(/N)c1ccc(cc1)NC2C(=O)NNC(=O)c1cc(Cl)ccn1. The van der Waals surface area contributed by atoms with Gasteiger partial charge in [-0.05, 0) is 67.9 Å². The molecule has 0 spiro atoms. The van der Waals surface area contributed by atoms with Crippen LogP contribution in [0.5, 0.6) is 11.5 Å². The van der Waals surface area contributed by atoms with E-state index in [4.69, 9.17) is 26.8 Å². The highest BCUT2D eigenvalue weighted by Gasteiger charge is 2.24. The second kappa shape index (κ2) is 11.0. The summed E-state index contributed by atoms with van der Waals surface area (Å²) in [5.41, 5.74) is 12.9. The molecule has 2 aliphatic rings. The lowest BCUT2D eigenvalue weighted by atomic mass is 10.0. The Kier molecular flexibility index (Phi) is 7.55. The number of amides is 2. The molecule has 4 bridgehead atoms. The highest BCUT2D eigenvalue weighted by atomic mass is 35.5. The van der Waals surface area contributed by atoms with Gasteiger partial charge in [0.15, 0.2) is 18.2 Å². The number of hydrogen-bond acceptors (Lipinski definition) is 8. The van der Waals surface area contributed by atoms with Crippen molar-refractivity contribution in [1.29, 1.82) is 0 Å². The van der Waals surface area contributed by atoms with Crippen molar-refractivity contribution < 1.29 is 19.1 Å². The lowest BCUT2D eigenvalue weighted by Crippen LogP contribution is -2.45. The van der Waals surface area contributed by atoms with Gasteiger partial charge in [-0.1, -0.05) is 17.7 Å². The van der Waals surface area contributed by atoms with E-state index in [1.165, 1.54) is 12.3 Å². The molecule has 5 N–H and O–H groups in total. The summed E-state index contributed by atoms with van der Waals surface area (Å²) in [5, 5.41) is 3.54. The molecule has 0 radical (unpaired) electrons. The van der Waals surface area contributed by atoms with Gasteiger partial charge in [0.1, 0.15) is 17.6 Å². The van der Waals surface area contributed by atoms with Crippen LogP contribution in [0.1, 0.15) is 41.5 Å². The summed E-state index contributed by atoms with van der Waals surface area (Å²) in [6, 6.07) is 14.3. The Hall–Kier alpha value is -4.31. The minimum atomic E-state index is -0.905. The summed E-state index contributed by atoms with van der Waals surface area (Å²) in [4.78, 5) is 34.0. The number of nitrogens with zero attached hydrogens (tertiary/aromatic N) is 2. The highest BCUT2D eigenvalue weighted by molar-refractivity contribution is 6.30. The summed E-state index contributed by atoms with van der Waals surface area (Å²) >= 11 is 5.93. The van der Waals surface area contributed by atoms with Crippen LogP contribution in [0.25, 0.3) is 0 Å². The third-order valence-corrected chi connectivity index (χ3v) is 5.36. The predicted molar refractivity (Wildman–Crippen MR) is 136 cm³/mol. The number of fused-ring (bicyclic) bond motifs is 5. The monoisotopic (exact) mass is 508 g/mol. The fourth-order valence-corrected chi connectivity index (χ4v) is 3.58. The van der Waals surface area contributed by atoms with E-state index in [1.807, 2.05) is 13.8 Å². The summed E-state index contributed by atoms with van der Waals surface area (Å²) in [5.74, 6) is 0.0686. The number of carbonyl (C=O) groups is 2. The number of hydrogen-bond donors (Lipinski definition) is 4. The Labute approximate surface area is 212 Å². The maximum atomic E-state index is 13.3. The minimum absolute atomic E-state index is 0.0432. The summed E-state index contributed by atoms with van der Waals surface area (Å²) in [6.45, 7) is 3.75. The molecule has 5 rings (SSSR count). The first-order chi connectivity index (χ1) is 17.3. The number of anilines is 1. The third-order valence-electron chi connectivity index (χ3n) is 5.13. The zero-order chi connectivity index (χ0) is 25.7. The van der Waals surface area contributed by atoms with E-state index in [2.05, 4.69) is 26.1 Å². The molecule has 2 aliphatic heterocycles. The smallest absolute Gasteiger partial charge is 0.288 e. The highest BCUT2D eigenvalue weighted by Crippen LogP contribution is 2.33. The topological polar surface area (TPSA) is 140 Å². The number of benzene rings is 2. The zero-order valence-electron chi connectivity index (χ0n) is 19.6. The van der Waals surface area contributed by atoms with E-state index in [-0.39, 0.29) is 18.5 Å². The molecule has 1 aromatic heterocycles. The van der Waals surface area contributed by atoms with Crippen LogP contribution in [0.4, 0.5) is 5.69 Å². The second-order valence-corrected chi connectivity index (χ2v) is 8.58. The molecule has 0 saturated carbocycles. The molecule has 0 saturated heterocycles. The van der Waals surface area contributed by atoms with Gasteiger partial charge >= 0.3 is 0 Å². The summed E-state index contributed by atoms with van der Waals surface area (Å²) in [6.07, 6.45) is 1.30. The number of ether oxygens (including phenoxy) is 2. The average molecular weight is 509 g/mol. The number of pyridine rings is 1. The minimum Gasteiger partial charge on any atom is -0.487 e. The number of amidine groups is 1. The molecule has 2 aromatic carbocycles. The van der Waals surface area contributed by atoms with Crippen LogP contribution in [0.2, 0.25) is 5.02 Å². The van der Waals surface area contributed by atoms with Gasteiger partial charge in [0.05, 0.1) is 6.10 Å². The molecule has 1 unspecified atom stereocenters. The fraction of sp³-hybridized carbons (Fsp3) is 0.200. The van der Waals surface area contributed by atoms with Crippen LogP contribution >= 0.6 is 11.6 Å². The van der Waals surface area contributed by atoms with Crippen molar-refractivity contribution in [1.82, 2.24) is 15.8 Å². The molecule has 0 aliphatic carbocycles. The van der Waals surface area contributed by atoms with E-state index < -0.39 is 17.9 Å². The fourth-order valence-electron chi connectivity index (χ4n) is 3.42. The molecule has 186 valence electrons. The summed E-state index contributed by atoms with van der Waals surface area (Å²) in [7, 11) is 0. The Morgan fingerprint density at radius 1 is 1.14 bits per heavy atom. The number of aliphatic imine (C=N–C) groups is 1. The van der Waals surface area contributed by atoms with Crippen molar-refractivity contribution in [3.63, 3.8) is 0 Å². The normalized spacial score (nSPS) is 16.2. The zero-order valence-corrected chi connectivity index (χ0v) is 20.4. The molecular formula is C25H25ClN6O4. The first-order valence-corrected chi connectivity index (χ1v) is 11.5. The molecular weight excluding hydrogens is 484 g/mol. The molecule has 2 amide bonds. The van der Waals surface area contributed by atoms with E-state index in [9.17, 15) is 9.59 Å². The number of rotatable bonds is 4. The standard InChI is InChI=1S/C25H25ClN6O4/c1-14(2)36-20-8-5-16-11-21(20)35-13-29-23(27)15-3-6-18(7-4-15)30-22(16)25(34)32-31-24(33)19-12-17(26)9-10-28-19/h3-12,14,22,30H,13H2,1-2H3,(H2,27,29)(H,31,33)(H,32,34). The van der Waals surface area contributed by atoms with Crippen LogP contribution in [0.3, 0.4) is 0 Å². The predicted octanol–water partition coefficient (Wildman–Crippen LogP) is 3.19. The molecule has 36 heavy (non-hydrogen) atoms. The molecule has 3 aromatic rings. The van der Waals surface area contributed by atoms with Gasteiger partial charge in [-0.2, -0.15) is 0 Å². The maximum Gasteiger partial charge on any atom is 0.288 e. The van der Waals surface area contributed by atoms with Crippen molar-refractivity contribution in [2.75, 3.05) is 12.0 Å². The van der Waals surface area contributed by atoms with Gasteiger partial charge in [0, 0.05) is 22.5 Å². The van der Waals surface area contributed by atoms with Crippen molar-refractivity contribution in [3.8, 4) is 11.5 Å². The number of nitrogens with one attached hydrogen (secondary N) is 3. The number of halogens is 1. The van der Waals surface area contributed by atoms with E-state index in [0.717, 1.165) is 0 Å². The second-order valence-electron chi connectivity index (χ2n) is 8.15. The van der Waals surface area contributed by atoms with E-state index in [1.54, 1.807) is 48.5 Å². The third kappa shape index (κ3) is 6.02. The summed E-state index contributed by atoms with van der Waals surface area (Å²) < 4.78 is 11.7. The number of aromatic nitrogens is 1. The molecule has 11 heteroatoms. The first kappa shape index (κ1) is 24.8. The van der Waals surface area contributed by atoms with Gasteiger partial charge in [-0.25, -0.2) is 4.99 Å². The van der Waals surface area contributed by atoms with Gasteiger partial charge < -0.3 is 20.5 Å². The van der Waals surface area contributed by atoms with Crippen LogP contribution in [-0.2, 0) is 4.79 Å². The van der Waals surface area contributed by atoms with Crippen LogP contribution in [0.15, 0.2) is 65.8 Å². The molecule has 0 fully saturated rings. The Bertz CT molecular complexity index is 1300. The van der Waals surface area contributed by atoms with Gasteiger partial charge in [0.2, 0.25) is 0 Å². The van der Waals surface area contributed by atoms with E-state index in [0.29, 0.717) is 39.2 Å². The van der Waals surface area contributed by atoms with E-state index >= 15 is 0 Å². The number of nitrogens with two attached hydrogens (primary N) is 1. The quantitative estimate of drug-likeness (QED) is 0.397. The first-order valence-electron chi connectivity index (χ1n) is 11.1. The number of hydrazine groups is 1. The number of carbonyl (C=O) groups excluding carboxylic acids is 2. The molecule has 1 atom stereocenters. The lowest BCUT2D eigenvalue weighted by molar-refractivity contribution is -0.122. The molecule has 3 heterocycles. The van der Waals surface area contributed by atoms with Gasteiger partial charge in [0.25, 0.3) is 11.8 Å². The van der Waals surface area contributed by atoms with Crippen LogP contribution < -0.4 is 31.4 Å². The van der Waals surface area contributed by atoms with Crippen molar-refractivity contribution in [3.05, 3.63) is 82.6 Å². The Balaban J connectivity index is 1.64. The van der Waals surface area contributed by atoms with Crippen molar-refractivity contribution in [2.24, 2.45) is 10.7 Å².